The van der Waals surface area contributed by atoms with Gasteiger partial charge in [-0.2, -0.15) is 0 Å². The van der Waals surface area contributed by atoms with E-state index in [1.165, 1.54) is 5.56 Å². The third-order valence-corrected chi connectivity index (χ3v) is 4.23. The number of rotatable bonds is 9. The number of nitrogens with zero attached hydrogens (tertiary/aromatic N) is 1. The van der Waals surface area contributed by atoms with Crippen molar-refractivity contribution in [3.8, 4) is 11.5 Å². The zero-order valence-corrected chi connectivity index (χ0v) is 17.1. The maximum absolute atomic E-state index is 6.17. The highest BCUT2D eigenvalue weighted by Crippen LogP contribution is 2.32. The molecular weight excluding hydrogens is 372 g/mol. The molecule has 0 saturated carbocycles. The van der Waals surface area contributed by atoms with Crippen molar-refractivity contribution in [1.82, 2.24) is 10.3 Å². The summed E-state index contributed by atoms with van der Waals surface area (Å²) in [5, 5.41) is 3.46. The number of para-hydroxylation sites is 1. The first-order valence-electron chi connectivity index (χ1n) is 9.29. The fraction of sp³-hybridized carbons (Fsp3) is 0.261. The lowest BCUT2D eigenvalue weighted by molar-refractivity contribution is -0.00000638. The summed E-state index contributed by atoms with van der Waals surface area (Å²) in [5.74, 6) is 1.59. The molecule has 0 aliphatic heterocycles. The lowest BCUT2D eigenvalue weighted by Gasteiger charge is -2.16. The minimum absolute atomic E-state index is 0. The largest absolute Gasteiger partial charge is 1.00 e. The van der Waals surface area contributed by atoms with Crippen molar-refractivity contribution in [2.45, 2.75) is 33.5 Å². The van der Waals surface area contributed by atoms with Gasteiger partial charge in [0.25, 0.3) is 0 Å². The fourth-order valence-electron chi connectivity index (χ4n) is 2.82. The molecule has 0 radical (unpaired) electrons. The van der Waals surface area contributed by atoms with Crippen LogP contribution in [-0.4, -0.2) is 11.6 Å². The maximum Gasteiger partial charge on any atom is 0.166 e. The molecule has 0 aliphatic rings. The standard InChI is InChI=1S/C23H26N2O2.ClH/c1-3-26-22-8-4-7-21(16-25-15-20-6-5-13-24-14-20)23(22)27-17-19-11-9-18(2)10-12-19;/h4-14,25H,3,15-17H2,1-2H3;1H/p-1. The Morgan fingerprint density at radius 3 is 2.43 bits per heavy atom. The predicted molar refractivity (Wildman–Crippen MR) is 108 cm³/mol. The Morgan fingerprint density at radius 2 is 1.71 bits per heavy atom. The van der Waals surface area contributed by atoms with Crippen molar-refractivity contribution in [3.05, 3.63) is 89.2 Å². The second-order valence-corrected chi connectivity index (χ2v) is 6.42. The van der Waals surface area contributed by atoms with Crippen LogP contribution < -0.4 is 27.2 Å². The molecule has 148 valence electrons. The van der Waals surface area contributed by atoms with E-state index in [4.69, 9.17) is 9.47 Å². The molecular formula is C23H26ClN2O2-. The molecule has 0 unspecified atom stereocenters. The van der Waals surface area contributed by atoms with Gasteiger partial charge in [0.2, 0.25) is 0 Å². The van der Waals surface area contributed by atoms with E-state index in [9.17, 15) is 0 Å². The summed E-state index contributed by atoms with van der Waals surface area (Å²) >= 11 is 0. The van der Waals surface area contributed by atoms with Crippen molar-refractivity contribution < 1.29 is 21.9 Å². The van der Waals surface area contributed by atoms with Gasteiger partial charge in [0, 0.05) is 31.0 Å². The van der Waals surface area contributed by atoms with Crippen molar-refractivity contribution in [3.63, 3.8) is 0 Å². The number of hydrogen-bond acceptors (Lipinski definition) is 4. The van der Waals surface area contributed by atoms with E-state index >= 15 is 0 Å². The normalized spacial score (nSPS) is 10.2. The Balaban J connectivity index is 0.00000280. The SMILES string of the molecule is CCOc1cccc(CNCc2cccnc2)c1OCc1ccc(C)cc1.[Cl-]. The van der Waals surface area contributed by atoms with Gasteiger partial charge in [0.1, 0.15) is 6.61 Å². The van der Waals surface area contributed by atoms with Crippen LogP contribution in [0.15, 0.2) is 67.0 Å². The van der Waals surface area contributed by atoms with Crippen LogP contribution in [0.2, 0.25) is 0 Å². The molecule has 1 N–H and O–H groups in total. The number of aryl methyl sites for hydroxylation is 1. The third kappa shape index (κ3) is 6.25. The van der Waals surface area contributed by atoms with E-state index < -0.39 is 0 Å². The molecule has 1 heterocycles. The van der Waals surface area contributed by atoms with Gasteiger partial charge >= 0.3 is 0 Å². The van der Waals surface area contributed by atoms with Crippen LogP contribution >= 0.6 is 0 Å². The Bertz CT molecular complexity index is 839. The van der Waals surface area contributed by atoms with Crippen LogP contribution in [0.25, 0.3) is 0 Å². The summed E-state index contributed by atoms with van der Waals surface area (Å²) in [4.78, 5) is 4.15. The monoisotopic (exact) mass is 397 g/mol. The van der Waals surface area contributed by atoms with Gasteiger partial charge in [-0.25, -0.2) is 0 Å². The molecule has 3 aromatic rings. The second kappa shape index (κ2) is 11.3. The third-order valence-electron chi connectivity index (χ3n) is 4.23. The van der Waals surface area contributed by atoms with Gasteiger partial charge in [-0.15, -0.1) is 0 Å². The molecule has 0 saturated heterocycles. The molecule has 0 spiro atoms. The maximum atomic E-state index is 6.17. The highest BCUT2D eigenvalue weighted by molar-refractivity contribution is 5.47. The predicted octanol–water partition coefficient (Wildman–Crippen LogP) is 1.66. The average Bonchev–Trinajstić information content (AvgIpc) is 2.70. The summed E-state index contributed by atoms with van der Waals surface area (Å²) in [6.45, 7) is 6.63. The number of nitrogens with one attached hydrogen (secondary N) is 1. The van der Waals surface area contributed by atoms with E-state index in [2.05, 4.69) is 53.6 Å². The van der Waals surface area contributed by atoms with Gasteiger partial charge in [-0.05, 0) is 37.1 Å². The quantitative estimate of drug-likeness (QED) is 0.596. The Morgan fingerprint density at radius 1 is 0.893 bits per heavy atom. The number of pyridine rings is 1. The van der Waals surface area contributed by atoms with E-state index in [0.29, 0.717) is 19.8 Å². The molecule has 4 nitrogen and oxygen atoms in total. The molecule has 0 bridgehead atoms. The van der Waals surface area contributed by atoms with Crippen molar-refractivity contribution >= 4 is 0 Å². The number of hydrogen-bond donors (Lipinski definition) is 1. The van der Waals surface area contributed by atoms with E-state index in [1.807, 2.05) is 31.3 Å². The molecule has 5 heteroatoms. The molecule has 2 aromatic carbocycles. The van der Waals surface area contributed by atoms with Gasteiger partial charge in [0.15, 0.2) is 11.5 Å². The Labute approximate surface area is 173 Å². The first kappa shape index (κ1) is 21.7. The van der Waals surface area contributed by atoms with Crippen molar-refractivity contribution in [1.29, 1.82) is 0 Å². The number of aromatic nitrogens is 1. The highest BCUT2D eigenvalue weighted by atomic mass is 35.5. The minimum Gasteiger partial charge on any atom is -1.00 e. The molecule has 0 fully saturated rings. The summed E-state index contributed by atoms with van der Waals surface area (Å²) in [6.07, 6.45) is 3.66. The van der Waals surface area contributed by atoms with E-state index in [-0.39, 0.29) is 12.4 Å². The van der Waals surface area contributed by atoms with Gasteiger partial charge in [-0.1, -0.05) is 48.0 Å². The zero-order valence-electron chi connectivity index (χ0n) is 16.3. The summed E-state index contributed by atoms with van der Waals surface area (Å²) in [5.41, 5.74) is 4.62. The molecule has 0 amide bonds. The molecule has 3 rings (SSSR count). The summed E-state index contributed by atoms with van der Waals surface area (Å²) < 4.78 is 12.0. The van der Waals surface area contributed by atoms with Crippen molar-refractivity contribution in [2.24, 2.45) is 0 Å². The van der Waals surface area contributed by atoms with Gasteiger partial charge in [-0.3, -0.25) is 4.98 Å². The van der Waals surface area contributed by atoms with Gasteiger partial charge < -0.3 is 27.2 Å². The highest BCUT2D eigenvalue weighted by Gasteiger charge is 2.11. The smallest absolute Gasteiger partial charge is 0.166 e. The molecule has 0 atom stereocenters. The average molecular weight is 398 g/mol. The number of ether oxygens (including phenoxy) is 2. The fourth-order valence-corrected chi connectivity index (χ4v) is 2.82. The van der Waals surface area contributed by atoms with Crippen LogP contribution in [0.4, 0.5) is 0 Å². The van der Waals surface area contributed by atoms with E-state index in [0.717, 1.165) is 34.7 Å². The van der Waals surface area contributed by atoms with Gasteiger partial charge in [0.05, 0.1) is 6.61 Å². The van der Waals surface area contributed by atoms with Crippen molar-refractivity contribution in [2.75, 3.05) is 6.61 Å². The number of halogens is 1. The van der Waals surface area contributed by atoms with E-state index in [1.54, 1.807) is 6.20 Å². The topological polar surface area (TPSA) is 43.4 Å². The Kier molecular flexibility index (Phi) is 8.79. The lowest BCUT2D eigenvalue weighted by Crippen LogP contribution is -3.00. The summed E-state index contributed by atoms with van der Waals surface area (Å²) in [7, 11) is 0. The van der Waals surface area contributed by atoms with Crippen LogP contribution in [0.1, 0.15) is 29.2 Å². The zero-order chi connectivity index (χ0) is 18.9. The molecule has 1 aromatic heterocycles. The first-order valence-corrected chi connectivity index (χ1v) is 9.29. The van der Waals surface area contributed by atoms with Crippen LogP contribution in [0.5, 0.6) is 11.5 Å². The number of benzene rings is 2. The lowest BCUT2D eigenvalue weighted by atomic mass is 10.1. The first-order chi connectivity index (χ1) is 13.3. The summed E-state index contributed by atoms with van der Waals surface area (Å²) in [6, 6.07) is 18.4. The second-order valence-electron chi connectivity index (χ2n) is 6.42. The van der Waals surface area contributed by atoms with Crippen LogP contribution in [0, 0.1) is 6.92 Å². The molecule has 0 aliphatic carbocycles. The Hall–Kier alpha value is -2.56. The van der Waals surface area contributed by atoms with Crippen LogP contribution in [-0.2, 0) is 19.7 Å². The minimum atomic E-state index is 0. The molecule has 28 heavy (non-hydrogen) atoms. The van der Waals surface area contributed by atoms with Crippen LogP contribution in [0.3, 0.4) is 0 Å².